The summed E-state index contributed by atoms with van der Waals surface area (Å²) in [4.78, 5) is 0.246. The summed E-state index contributed by atoms with van der Waals surface area (Å²) in [7, 11) is -1.88. The van der Waals surface area contributed by atoms with Gasteiger partial charge < -0.3 is 15.2 Å². The molecule has 6 nitrogen and oxygen atoms in total. The largest absolute Gasteiger partial charge is 0.394 e. The summed E-state index contributed by atoms with van der Waals surface area (Å²) in [6.07, 6.45) is -0.453. The number of anilines is 1. The lowest BCUT2D eigenvalue weighted by atomic mass is 10.3. The van der Waals surface area contributed by atoms with Crippen molar-refractivity contribution in [2.24, 2.45) is 0 Å². The van der Waals surface area contributed by atoms with E-state index in [0.29, 0.717) is 18.8 Å². The van der Waals surface area contributed by atoms with E-state index in [9.17, 15) is 8.42 Å². The van der Waals surface area contributed by atoms with Crippen molar-refractivity contribution in [3.63, 3.8) is 0 Å². The number of para-hydroxylation sites is 1. The molecule has 0 spiro atoms. The van der Waals surface area contributed by atoms with E-state index in [1.165, 1.54) is 4.31 Å². The average molecular weight is 286 g/mol. The highest BCUT2D eigenvalue weighted by molar-refractivity contribution is 7.89. The normalized spacial score (nSPS) is 21.3. The van der Waals surface area contributed by atoms with Crippen LogP contribution in [0.15, 0.2) is 29.2 Å². The number of ether oxygens (including phenoxy) is 1. The molecule has 1 unspecified atom stereocenters. The van der Waals surface area contributed by atoms with Gasteiger partial charge in [0, 0.05) is 20.1 Å². The predicted molar refractivity (Wildman–Crippen MR) is 71.6 cm³/mol. The van der Waals surface area contributed by atoms with Crippen LogP contribution in [0.3, 0.4) is 0 Å². The molecule has 0 saturated carbocycles. The molecule has 106 valence electrons. The number of aliphatic hydroxyl groups is 1. The lowest BCUT2D eigenvalue weighted by Crippen LogP contribution is -2.46. The third kappa shape index (κ3) is 2.89. The zero-order valence-corrected chi connectivity index (χ0v) is 11.6. The number of nitrogens with one attached hydrogen (secondary N) is 1. The standard InChI is InChI=1S/C12H18N2O4S/c1-13-11-4-2-3-5-12(11)19(16,17)14-6-7-18-10(8-14)9-15/h2-5,10,13,15H,6-9H2,1H3. The first-order valence-corrected chi connectivity index (χ1v) is 7.53. The van der Waals surface area contributed by atoms with Gasteiger partial charge in [-0.05, 0) is 12.1 Å². The lowest BCUT2D eigenvalue weighted by molar-refractivity contribution is -0.0304. The molecular formula is C12H18N2O4S. The van der Waals surface area contributed by atoms with Crippen LogP contribution in [-0.4, -0.2) is 57.3 Å². The number of nitrogens with zero attached hydrogens (tertiary/aromatic N) is 1. The highest BCUT2D eigenvalue weighted by Crippen LogP contribution is 2.25. The number of sulfonamides is 1. The van der Waals surface area contributed by atoms with Crippen LogP contribution in [0.5, 0.6) is 0 Å². The first-order chi connectivity index (χ1) is 9.09. The van der Waals surface area contributed by atoms with Crippen molar-refractivity contribution in [3.05, 3.63) is 24.3 Å². The Balaban J connectivity index is 2.31. The van der Waals surface area contributed by atoms with Crippen LogP contribution in [0, 0.1) is 0 Å². The van der Waals surface area contributed by atoms with E-state index >= 15 is 0 Å². The van der Waals surface area contributed by atoms with Crippen molar-refractivity contribution in [2.45, 2.75) is 11.0 Å². The molecule has 0 radical (unpaired) electrons. The number of morpholine rings is 1. The molecule has 1 atom stereocenters. The van der Waals surface area contributed by atoms with Gasteiger partial charge in [0.15, 0.2) is 0 Å². The number of hydrogen-bond acceptors (Lipinski definition) is 5. The Labute approximate surface area is 113 Å². The van der Waals surface area contributed by atoms with Crippen molar-refractivity contribution in [1.82, 2.24) is 4.31 Å². The Kier molecular flexibility index (Phi) is 4.41. The Morgan fingerprint density at radius 2 is 2.21 bits per heavy atom. The van der Waals surface area contributed by atoms with Crippen LogP contribution >= 0.6 is 0 Å². The van der Waals surface area contributed by atoms with E-state index in [1.807, 2.05) is 0 Å². The number of hydrogen-bond donors (Lipinski definition) is 2. The smallest absolute Gasteiger partial charge is 0.245 e. The van der Waals surface area contributed by atoms with Gasteiger partial charge >= 0.3 is 0 Å². The zero-order valence-electron chi connectivity index (χ0n) is 10.7. The molecular weight excluding hydrogens is 268 g/mol. The quantitative estimate of drug-likeness (QED) is 0.821. The molecule has 1 aliphatic heterocycles. The maximum atomic E-state index is 12.6. The summed E-state index contributed by atoms with van der Waals surface area (Å²) in [5.41, 5.74) is 0.564. The van der Waals surface area contributed by atoms with Crippen molar-refractivity contribution in [1.29, 1.82) is 0 Å². The van der Waals surface area contributed by atoms with E-state index in [4.69, 9.17) is 9.84 Å². The van der Waals surface area contributed by atoms with Crippen LogP contribution in [0.1, 0.15) is 0 Å². The fraction of sp³-hybridized carbons (Fsp3) is 0.500. The number of aliphatic hydroxyl groups excluding tert-OH is 1. The Morgan fingerprint density at radius 3 is 2.89 bits per heavy atom. The molecule has 2 rings (SSSR count). The van der Waals surface area contributed by atoms with Crippen molar-refractivity contribution in [2.75, 3.05) is 38.7 Å². The summed E-state index contributed by atoms with van der Waals surface area (Å²) in [6.45, 7) is 0.597. The molecule has 1 aliphatic rings. The molecule has 1 heterocycles. The van der Waals surface area contributed by atoms with Gasteiger partial charge in [0.1, 0.15) is 4.90 Å². The lowest BCUT2D eigenvalue weighted by Gasteiger charge is -2.31. The van der Waals surface area contributed by atoms with Gasteiger partial charge in [0.25, 0.3) is 0 Å². The minimum atomic E-state index is -3.57. The third-order valence-corrected chi connectivity index (χ3v) is 5.00. The van der Waals surface area contributed by atoms with Crippen molar-refractivity contribution in [3.8, 4) is 0 Å². The molecule has 0 bridgehead atoms. The second kappa shape index (κ2) is 5.87. The van der Waals surface area contributed by atoms with Crippen LogP contribution in [0.4, 0.5) is 5.69 Å². The SMILES string of the molecule is CNc1ccccc1S(=O)(=O)N1CCOC(CO)C1. The van der Waals surface area contributed by atoms with E-state index in [0.717, 1.165) is 0 Å². The topological polar surface area (TPSA) is 78.9 Å². The first-order valence-electron chi connectivity index (χ1n) is 6.09. The summed E-state index contributed by atoms with van der Waals surface area (Å²) in [6, 6.07) is 6.76. The maximum absolute atomic E-state index is 12.6. The predicted octanol–water partition coefficient (Wildman–Crippen LogP) is 0.110. The van der Waals surface area contributed by atoms with Crippen molar-refractivity contribution >= 4 is 15.7 Å². The van der Waals surface area contributed by atoms with Gasteiger partial charge in [0.05, 0.1) is 25.0 Å². The van der Waals surface area contributed by atoms with Crippen molar-refractivity contribution < 1.29 is 18.3 Å². The van der Waals surface area contributed by atoms with E-state index < -0.39 is 16.1 Å². The minimum Gasteiger partial charge on any atom is -0.394 e. The maximum Gasteiger partial charge on any atom is 0.245 e. The first kappa shape index (κ1) is 14.3. The molecule has 1 saturated heterocycles. The summed E-state index contributed by atoms with van der Waals surface area (Å²) >= 11 is 0. The minimum absolute atomic E-state index is 0.177. The van der Waals surface area contributed by atoms with Gasteiger partial charge in [-0.1, -0.05) is 12.1 Å². The molecule has 2 N–H and O–H groups in total. The molecule has 1 aromatic rings. The fourth-order valence-corrected chi connectivity index (χ4v) is 3.71. The molecule has 1 fully saturated rings. The van der Waals surface area contributed by atoms with E-state index in [-0.39, 0.29) is 18.0 Å². The van der Waals surface area contributed by atoms with Gasteiger partial charge in [-0.3, -0.25) is 0 Å². The number of benzene rings is 1. The number of rotatable bonds is 4. The Morgan fingerprint density at radius 1 is 1.47 bits per heavy atom. The highest BCUT2D eigenvalue weighted by atomic mass is 32.2. The molecule has 0 aliphatic carbocycles. The average Bonchev–Trinajstić information content (AvgIpc) is 2.47. The Bertz CT molecular complexity index is 532. The molecule has 0 amide bonds. The van der Waals surface area contributed by atoms with Gasteiger partial charge in [-0.2, -0.15) is 4.31 Å². The summed E-state index contributed by atoms with van der Waals surface area (Å²) in [5, 5.41) is 12.0. The van der Waals surface area contributed by atoms with E-state index in [1.54, 1.807) is 31.3 Å². The fourth-order valence-electron chi connectivity index (χ4n) is 2.06. The van der Waals surface area contributed by atoms with Crippen LogP contribution in [-0.2, 0) is 14.8 Å². The summed E-state index contributed by atoms with van der Waals surface area (Å²) < 4.78 is 31.8. The zero-order chi connectivity index (χ0) is 13.9. The monoisotopic (exact) mass is 286 g/mol. The second-order valence-corrected chi connectivity index (χ2v) is 6.19. The molecule has 19 heavy (non-hydrogen) atoms. The van der Waals surface area contributed by atoms with Crippen LogP contribution in [0.2, 0.25) is 0 Å². The second-order valence-electron chi connectivity index (χ2n) is 4.28. The van der Waals surface area contributed by atoms with Crippen LogP contribution in [0.25, 0.3) is 0 Å². The van der Waals surface area contributed by atoms with Crippen LogP contribution < -0.4 is 5.32 Å². The van der Waals surface area contributed by atoms with Gasteiger partial charge in [-0.25, -0.2) is 8.42 Å². The Hall–Kier alpha value is -1.15. The summed E-state index contributed by atoms with van der Waals surface area (Å²) in [5.74, 6) is 0. The molecule has 7 heteroatoms. The molecule has 1 aromatic carbocycles. The highest BCUT2D eigenvalue weighted by Gasteiger charge is 2.31. The van der Waals surface area contributed by atoms with Gasteiger partial charge in [-0.15, -0.1) is 0 Å². The third-order valence-electron chi connectivity index (χ3n) is 3.08. The van der Waals surface area contributed by atoms with Gasteiger partial charge in [0.2, 0.25) is 10.0 Å². The molecule has 0 aromatic heterocycles. The van der Waals surface area contributed by atoms with E-state index in [2.05, 4.69) is 5.32 Å².